The Balaban J connectivity index is 2.40. The van der Waals surface area contributed by atoms with E-state index >= 15 is 0 Å². The molecule has 5 nitrogen and oxygen atoms in total. The van der Waals surface area contributed by atoms with Crippen molar-refractivity contribution in [3.8, 4) is 0 Å². The number of nitrogens with one attached hydrogen (secondary N) is 1. The normalized spacial score (nSPS) is 21.8. The van der Waals surface area contributed by atoms with Gasteiger partial charge >= 0.3 is 0 Å². The van der Waals surface area contributed by atoms with Crippen molar-refractivity contribution in [1.82, 2.24) is 10.2 Å². The van der Waals surface area contributed by atoms with Gasteiger partial charge in [0.1, 0.15) is 9.84 Å². The van der Waals surface area contributed by atoms with E-state index in [4.69, 9.17) is 0 Å². The summed E-state index contributed by atoms with van der Waals surface area (Å²) in [5, 5.41) is 3.23. The number of amides is 1. The van der Waals surface area contributed by atoms with E-state index in [9.17, 15) is 13.2 Å². The van der Waals surface area contributed by atoms with Gasteiger partial charge < -0.3 is 10.2 Å². The molecule has 0 aromatic rings. The van der Waals surface area contributed by atoms with E-state index in [0.29, 0.717) is 0 Å². The largest absolute Gasteiger partial charge is 0.341 e. The van der Waals surface area contributed by atoms with E-state index < -0.39 is 9.84 Å². The number of likely N-dealkylation sites (N-methyl/N-ethyl adjacent to an activating group) is 1. The summed E-state index contributed by atoms with van der Waals surface area (Å²) >= 11 is 0. The highest BCUT2D eigenvalue weighted by atomic mass is 32.2. The fraction of sp³-hybridized carbons (Fsp3) is 0.900. The van der Waals surface area contributed by atoms with Gasteiger partial charge in [0.25, 0.3) is 0 Å². The summed E-state index contributed by atoms with van der Waals surface area (Å²) in [6.45, 7) is 1.81. The van der Waals surface area contributed by atoms with Crippen LogP contribution < -0.4 is 5.32 Å². The topological polar surface area (TPSA) is 66.5 Å². The smallest absolute Gasteiger partial charge is 0.223 e. The van der Waals surface area contributed by atoms with Gasteiger partial charge in [0.05, 0.1) is 5.75 Å². The van der Waals surface area contributed by atoms with Gasteiger partial charge in [-0.25, -0.2) is 8.42 Å². The average molecular weight is 248 g/mol. The van der Waals surface area contributed by atoms with Gasteiger partial charge in [0, 0.05) is 32.3 Å². The molecule has 1 heterocycles. The van der Waals surface area contributed by atoms with Gasteiger partial charge in [0.2, 0.25) is 5.91 Å². The number of carbonyl (C=O) groups is 1. The number of hydrogen-bond acceptors (Lipinski definition) is 4. The maximum absolute atomic E-state index is 11.7. The molecule has 0 saturated carbocycles. The zero-order valence-electron chi connectivity index (χ0n) is 9.90. The van der Waals surface area contributed by atoms with E-state index in [2.05, 4.69) is 5.32 Å². The van der Waals surface area contributed by atoms with Crippen molar-refractivity contribution < 1.29 is 13.2 Å². The van der Waals surface area contributed by atoms with Crippen LogP contribution in [0, 0.1) is 0 Å². The van der Waals surface area contributed by atoms with Crippen molar-refractivity contribution in [3.05, 3.63) is 0 Å². The predicted octanol–water partition coefficient (Wildman–Crippen LogP) is -0.368. The van der Waals surface area contributed by atoms with Crippen LogP contribution in [0.5, 0.6) is 0 Å². The molecule has 1 atom stereocenters. The third kappa shape index (κ3) is 4.49. The Labute approximate surface area is 97.1 Å². The standard InChI is InChI=1S/C10H20N2O3S/c1-12(9-4-3-6-11-8-9)10(13)5-7-16(2,14)15/h9,11H,3-8H2,1-2H3. The molecule has 94 valence electrons. The van der Waals surface area contributed by atoms with E-state index in [1.165, 1.54) is 0 Å². The van der Waals surface area contributed by atoms with Crippen LogP contribution in [0.3, 0.4) is 0 Å². The summed E-state index contributed by atoms with van der Waals surface area (Å²) in [4.78, 5) is 13.4. The Morgan fingerprint density at radius 1 is 1.50 bits per heavy atom. The second-order valence-corrected chi connectivity index (χ2v) is 6.64. The number of nitrogens with zero attached hydrogens (tertiary/aromatic N) is 1. The molecule has 1 rings (SSSR count). The van der Waals surface area contributed by atoms with Gasteiger partial charge in [-0.1, -0.05) is 0 Å². The molecule has 1 amide bonds. The lowest BCUT2D eigenvalue weighted by atomic mass is 10.1. The molecule has 1 fully saturated rings. The highest BCUT2D eigenvalue weighted by Gasteiger charge is 2.22. The summed E-state index contributed by atoms with van der Waals surface area (Å²) in [5.41, 5.74) is 0. The molecule has 1 unspecified atom stereocenters. The zero-order chi connectivity index (χ0) is 12.2. The lowest BCUT2D eigenvalue weighted by molar-refractivity contribution is -0.131. The van der Waals surface area contributed by atoms with Gasteiger partial charge in [-0.2, -0.15) is 0 Å². The van der Waals surface area contributed by atoms with Crippen molar-refractivity contribution >= 4 is 15.7 Å². The molecule has 0 aromatic carbocycles. The van der Waals surface area contributed by atoms with E-state index in [1.807, 2.05) is 0 Å². The number of rotatable bonds is 4. The summed E-state index contributed by atoms with van der Waals surface area (Å²) in [6, 6.07) is 0.209. The maximum atomic E-state index is 11.7. The Morgan fingerprint density at radius 3 is 2.69 bits per heavy atom. The third-order valence-corrected chi connectivity index (χ3v) is 3.84. The van der Waals surface area contributed by atoms with Crippen molar-refractivity contribution in [1.29, 1.82) is 0 Å². The molecule has 1 N–H and O–H groups in total. The first-order valence-corrected chi connectivity index (χ1v) is 7.60. The summed E-state index contributed by atoms with van der Waals surface area (Å²) in [7, 11) is -1.29. The SMILES string of the molecule is CN(C(=O)CCS(C)(=O)=O)C1CCCNC1. The summed E-state index contributed by atoms with van der Waals surface area (Å²) in [5.74, 6) is -0.143. The molecule has 1 aliphatic rings. The van der Waals surface area contributed by atoms with Crippen molar-refractivity contribution in [2.45, 2.75) is 25.3 Å². The van der Waals surface area contributed by atoms with Crippen molar-refractivity contribution in [2.75, 3.05) is 32.1 Å². The van der Waals surface area contributed by atoms with Crippen LogP contribution in [-0.4, -0.2) is 57.4 Å². The van der Waals surface area contributed by atoms with E-state index in [1.54, 1.807) is 11.9 Å². The van der Waals surface area contributed by atoms with Crippen LogP contribution >= 0.6 is 0 Å². The number of carbonyl (C=O) groups excluding carboxylic acids is 1. The van der Waals surface area contributed by atoms with Gasteiger partial charge in [-0.15, -0.1) is 0 Å². The maximum Gasteiger partial charge on any atom is 0.223 e. The van der Waals surface area contributed by atoms with Crippen LogP contribution in [0.4, 0.5) is 0 Å². The molecular formula is C10H20N2O3S. The second-order valence-electron chi connectivity index (χ2n) is 4.38. The monoisotopic (exact) mass is 248 g/mol. The number of hydrogen-bond donors (Lipinski definition) is 1. The first kappa shape index (κ1) is 13.4. The van der Waals surface area contributed by atoms with Crippen molar-refractivity contribution in [3.63, 3.8) is 0 Å². The lowest BCUT2D eigenvalue weighted by Gasteiger charge is -2.31. The molecule has 6 heteroatoms. The van der Waals surface area contributed by atoms with E-state index in [-0.39, 0.29) is 24.1 Å². The van der Waals surface area contributed by atoms with Crippen LogP contribution in [0.1, 0.15) is 19.3 Å². The molecule has 0 radical (unpaired) electrons. The van der Waals surface area contributed by atoms with Gasteiger partial charge in [-0.05, 0) is 19.4 Å². The lowest BCUT2D eigenvalue weighted by Crippen LogP contribution is -2.46. The van der Waals surface area contributed by atoms with E-state index in [0.717, 1.165) is 32.2 Å². The molecule has 16 heavy (non-hydrogen) atoms. The van der Waals surface area contributed by atoms with Crippen LogP contribution in [0.25, 0.3) is 0 Å². The predicted molar refractivity (Wildman–Crippen MR) is 63.0 cm³/mol. The Kier molecular flexibility index (Phi) is 4.73. The van der Waals surface area contributed by atoms with Crippen molar-refractivity contribution in [2.24, 2.45) is 0 Å². The molecule has 0 bridgehead atoms. The highest BCUT2D eigenvalue weighted by Crippen LogP contribution is 2.09. The Hall–Kier alpha value is -0.620. The highest BCUT2D eigenvalue weighted by molar-refractivity contribution is 7.90. The van der Waals surface area contributed by atoms with Crippen LogP contribution in [-0.2, 0) is 14.6 Å². The first-order valence-electron chi connectivity index (χ1n) is 5.54. The summed E-state index contributed by atoms with van der Waals surface area (Å²) < 4.78 is 21.9. The minimum Gasteiger partial charge on any atom is -0.341 e. The number of piperidine rings is 1. The van der Waals surface area contributed by atoms with Crippen LogP contribution in [0.2, 0.25) is 0 Å². The fourth-order valence-corrected chi connectivity index (χ4v) is 2.36. The Morgan fingerprint density at radius 2 is 2.19 bits per heavy atom. The molecule has 1 saturated heterocycles. The summed E-state index contributed by atoms with van der Waals surface area (Å²) in [6.07, 6.45) is 3.30. The third-order valence-electron chi connectivity index (χ3n) is 2.90. The molecule has 1 aliphatic heterocycles. The minimum absolute atomic E-state index is 0.0592. The average Bonchev–Trinajstić information content (AvgIpc) is 2.25. The zero-order valence-corrected chi connectivity index (χ0v) is 10.7. The minimum atomic E-state index is -3.05. The van der Waals surface area contributed by atoms with Gasteiger partial charge in [-0.3, -0.25) is 4.79 Å². The van der Waals surface area contributed by atoms with Crippen LogP contribution in [0.15, 0.2) is 0 Å². The fourth-order valence-electron chi connectivity index (χ4n) is 1.82. The quantitative estimate of drug-likeness (QED) is 0.737. The molecule has 0 aromatic heterocycles. The van der Waals surface area contributed by atoms with Gasteiger partial charge in [0.15, 0.2) is 0 Å². The molecule has 0 aliphatic carbocycles. The number of sulfone groups is 1. The molecule has 0 spiro atoms. The first-order chi connectivity index (χ1) is 7.40. The second kappa shape index (κ2) is 5.63. The molecular weight excluding hydrogens is 228 g/mol. The Bertz CT molecular complexity index is 334.